The van der Waals surface area contributed by atoms with Crippen molar-refractivity contribution in [2.75, 3.05) is 26.3 Å². The van der Waals surface area contributed by atoms with Crippen molar-refractivity contribution < 1.29 is 9.47 Å². The van der Waals surface area contributed by atoms with E-state index in [1.807, 2.05) is 6.07 Å². The Hall–Kier alpha value is -1.75. The molecule has 3 heterocycles. The highest BCUT2D eigenvalue weighted by atomic mass is 16.6. The van der Waals surface area contributed by atoms with Gasteiger partial charge in [0.25, 0.3) is 0 Å². The first kappa shape index (κ1) is 13.9. The molecule has 1 aromatic heterocycles. The number of piperidine rings is 1. The number of rotatable bonds is 3. The third-order valence-corrected chi connectivity index (χ3v) is 4.71. The van der Waals surface area contributed by atoms with Crippen LogP contribution in [0.15, 0.2) is 12.1 Å². The fraction of sp³-hybridized carbons (Fsp3) is 0.588. The number of nitrogens with one attached hydrogen (secondary N) is 1. The molecule has 1 aromatic carbocycles. The van der Waals surface area contributed by atoms with E-state index in [9.17, 15) is 0 Å². The first-order valence-electron chi connectivity index (χ1n) is 8.34. The van der Waals surface area contributed by atoms with E-state index in [-0.39, 0.29) is 0 Å². The van der Waals surface area contributed by atoms with Crippen LogP contribution in [0.25, 0.3) is 11.0 Å². The second-order valence-electron chi connectivity index (χ2n) is 6.17. The van der Waals surface area contributed by atoms with Gasteiger partial charge in [0.1, 0.15) is 19.0 Å². The smallest absolute Gasteiger partial charge is 0.163 e. The second-order valence-corrected chi connectivity index (χ2v) is 6.17. The minimum absolute atomic E-state index is 0.620. The van der Waals surface area contributed by atoms with Crippen LogP contribution in [0.2, 0.25) is 0 Å². The number of aryl methyl sites for hydroxylation is 1. The summed E-state index contributed by atoms with van der Waals surface area (Å²) < 4.78 is 13.8. The summed E-state index contributed by atoms with van der Waals surface area (Å²) in [4.78, 5) is 4.82. The van der Waals surface area contributed by atoms with E-state index in [0.717, 1.165) is 54.8 Å². The van der Waals surface area contributed by atoms with E-state index in [1.54, 1.807) is 0 Å². The van der Waals surface area contributed by atoms with E-state index in [1.165, 1.54) is 18.4 Å². The Kier molecular flexibility index (Phi) is 3.66. The van der Waals surface area contributed by atoms with E-state index in [2.05, 4.69) is 22.9 Å². The molecule has 0 atom stereocenters. The number of benzene rings is 1. The van der Waals surface area contributed by atoms with Gasteiger partial charge in [-0.05, 0) is 31.8 Å². The first-order chi connectivity index (χ1) is 10.8. The lowest BCUT2D eigenvalue weighted by Gasteiger charge is -2.24. The maximum Gasteiger partial charge on any atom is 0.163 e. The highest BCUT2D eigenvalue weighted by molar-refractivity contribution is 5.80. The molecule has 2 aromatic rings. The van der Waals surface area contributed by atoms with Gasteiger partial charge in [-0.2, -0.15) is 0 Å². The zero-order chi connectivity index (χ0) is 14.9. The minimum Gasteiger partial charge on any atom is -0.486 e. The fourth-order valence-corrected chi connectivity index (χ4v) is 3.51. The van der Waals surface area contributed by atoms with Gasteiger partial charge in [-0.1, -0.05) is 6.92 Å². The summed E-state index contributed by atoms with van der Waals surface area (Å²) in [5.74, 6) is 3.58. The van der Waals surface area contributed by atoms with Gasteiger partial charge in [0.2, 0.25) is 0 Å². The Labute approximate surface area is 130 Å². The van der Waals surface area contributed by atoms with Crippen molar-refractivity contribution in [1.29, 1.82) is 0 Å². The Balaban J connectivity index is 1.74. The summed E-state index contributed by atoms with van der Waals surface area (Å²) in [6.07, 6.45) is 3.44. The highest BCUT2D eigenvalue weighted by Crippen LogP contribution is 2.35. The van der Waals surface area contributed by atoms with Crippen LogP contribution in [0.3, 0.4) is 0 Å². The predicted molar refractivity (Wildman–Crippen MR) is 85.7 cm³/mol. The first-order valence-corrected chi connectivity index (χ1v) is 8.34. The summed E-state index contributed by atoms with van der Waals surface area (Å²) in [5.41, 5.74) is 2.20. The number of hydrogen-bond donors (Lipinski definition) is 1. The standard InChI is InChI=1S/C17H23N3O2/c1-2-17-19-13-9-15-16(22-8-7-21-15)10-14(13)20(17)11-12-3-5-18-6-4-12/h9-10,12,18H,2-8,11H2,1H3. The van der Waals surface area contributed by atoms with Gasteiger partial charge in [0.15, 0.2) is 11.5 Å². The van der Waals surface area contributed by atoms with Crippen molar-refractivity contribution in [3.05, 3.63) is 18.0 Å². The zero-order valence-electron chi connectivity index (χ0n) is 13.1. The molecular formula is C17H23N3O2. The lowest BCUT2D eigenvalue weighted by molar-refractivity contribution is 0.172. The van der Waals surface area contributed by atoms with Crippen molar-refractivity contribution in [2.24, 2.45) is 5.92 Å². The maximum absolute atomic E-state index is 5.74. The Morgan fingerprint density at radius 1 is 1.18 bits per heavy atom. The van der Waals surface area contributed by atoms with E-state index < -0.39 is 0 Å². The quantitative estimate of drug-likeness (QED) is 0.945. The molecule has 0 saturated carbocycles. The van der Waals surface area contributed by atoms with Gasteiger partial charge in [-0.25, -0.2) is 4.98 Å². The normalized spacial score (nSPS) is 18.8. The predicted octanol–water partition coefficient (Wildman–Crippen LogP) is 2.37. The lowest BCUT2D eigenvalue weighted by atomic mass is 9.98. The molecule has 2 aliphatic heterocycles. The van der Waals surface area contributed by atoms with Gasteiger partial charge < -0.3 is 19.4 Å². The molecule has 0 radical (unpaired) electrons. The number of imidazole rings is 1. The fourth-order valence-electron chi connectivity index (χ4n) is 3.51. The summed E-state index contributed by atoms with van der Waals surface area (Å²) >= 11 is 0. The van der Waals surface area contributed by atoms with Crippen molar-refractivity contribution in [3.8, 4) is 11.5 Å². The van der Waals surface area contributed by atoms with E-state index >= 15 is 0 Å². The van der Waals surface area contributed by atoms with Crippen molar-refractivity contribution >= 4 is 11.0 Å². The molecule has 118 valence electrons. The molecule has 0 amide bonds. The molecule has 0 bridgehead atoms. The van der Waals surface area contributed by atoms with E-state index in [0.29, 0.717) is 13.2 Å². The number of aromatic nitrogens is 2. The number of ether oxygens (including phenoxy) is 2. The van der Waals surface area contributed by atoms with Crippen LogP contribution in [0.5, 0.6) is 11.5 Å². The third-order valence-electron chi connectivity index (χ3n) is 4.71. The summed E-state index contributed by atoms with van der Waals surface area (Å²) in [6.45, 7) is 6.74. The van der Waals surface area contributed by atoms with Crippen LogP contribution < -0.4 is 14.8 Å². The number of fused-ring (bicyclic) bond motifs is 2. The van der Waals surface area contributed by atoms with Crippen LogP contribution in [0.1, 0.15) is 25.6 Å². The monoisotopic (exact) mass is 301 g/mol. The van der Waals surface area contributed by atoms with Crippen LogP contribution in [0, 0.1) is 5.92 Å². The average Bonchev–Trinajstić information content (AvgIpc) is 2.90. The number of nitrogens with zero attached hydrogens (tertiary/aromatic N) is 2. The third kappa shape index (κ3) is 2.43. The Morgan fingerprint density at radius 2 is 1.91 bits per heavy atom. The SMILES string of the molecule is CCc1nc2cc3c(cc2n1CC1CCNCC1)OCCO3. The van der Waals surface area contributed by atoms with Crippen LogP contribution in [0.4, 0.5) is 0 Å². The van der Waals surface area contributed by atoms with Gasteiger partial charge >= 0.3 is 0 Å². The molecule has 5 nitrogen and oxygen atoms in total. The molecule has 1 N–H and O–H groups in total. The minimum atomic E-state index is 0.620. The van der Waals surface area contributed by atoms with Crippen molar-refractivity contribution in [2.45, 2.75) is 32.7 Å². The second kappa shape index (κ2) is 5.80. The average molecular weight is 301 g/mol. The van der Waals surface area contributed by atoms with Gasteiger partial charge in [-0.15, -0.1) is 0 Å². The lowest BCUT2D eigenvalue weighted by Crippen LogP contribution is -2.30. The zero-order valence-corrected chi connectivity index (χ0v) is 13.1. The van der Waals surface area contributed by atoms with Crippen LogP contribution in [-0.2, 0) is 13.0 Å². The Morgan fingerprint density at radius 3 is 2.64 bits per heavy atom. The molecule has 0 aliphatic carbocycles. The molecule has 4 rings (SSSR count). The number of hydrogen-bond acceptors (Lipinski definition) is 4. The van der Waals surface area contributed by atoms with E-state index in [4.69, 9.17) is 14.5 Å². The highest BCUT2D eigenvalue weighted by Gasteiger charge is 2.20. The molecular weight excluding hydrogens is 278 g/mol. The molecule has 0 unspecified atom stereocenters. The van der Waals surface area contributed by atoms with Crippen molar-refractivity contribution in [3.63, 3.8) is 0 Å². The summed E-state index contributed by atoms with van der Waals surface area (Å²) in [7, 11) is 0. The summed E-state index contributed by atoms with van der Waals surface area (Å²) in [5, 5.41) is 3.44. The van der Waals surface area contributed by atoms with Crippen molar-refractivity contribution in [1.82, 2.24) is 14.9 Å². The molecule has 2 aliphatic rings. The largest absolute Gasteiger partial charge is 0.486 e. The van der Waals surface area contributed by atoms with Gasteiger partial charge in [0, 0.05) is 25.1 Å². The van der Waals surface area contributed by atoms with Crippen LogP contribution >= 0.6 is 0 Å². The van der Waals surface area contributed by atoms with Gasteiger partial charge in [-0.3, -0.25) is 0 Å². The molecule has 0 spiro atoms. The van der Waals surface area contributed by atoms with Gasteiger partial charge in [0.05, 0.1) is 11.0 Å². The molecule has 5 heteroatoms. The molecule has 1 fully saturated rings. The molecule has 1 saturated heterocycles. The van der Waals surface area contributed by atoms with Crippen LogP contribution in [-0.4, -0.2) is 35.9 Å². The topological polar surface area (TPSA) is 48.3 Å². The Bertz CT molecular complexity index is 674. The molecule has 22 heavy (non-hydrogen) atoms. The maximum atomic E-state index is 5.74. The summed E-state index contributed by atoms with van der Waals surface area (Å²) in [6, 6.07) is 4.14.